The molecule has 2 N–H and O–H groups in total. The molecule has 0 radical (unpaired) electrons. The monoisotopic (exact) mass is 282 g/mol. The first kappa shape index (κ1) is 14.9. The van der Waals surface area contributed by atoms with Gasteiger partial charge in [0.1, 0.15) is 12.0 Å². The molecule has 0 aromatic heterocycles. The molecule has 1 atom stereocenters. The number of amides is 1. The molecule has 1 fully saturated rings. The summed E-state index contributed by atoms with van der Waals surface area (Å²) in [5.74, 6) is -0.366. The minimum absolute atomic E-state index is 0.0688. The molecule has 3 nitrogen and oxygen atoms in total. The third-order valence-corrected chi connectivity index (χ3v) is 3.65. The smallest absolute Gasteiger partial charge is 0.224 e. The number of hydrogen-bond donors (Lipinski definition) is 1. The Labute approximate surface area is 117 Å². The van der Waals surface area contributed by atoms with Crippen LogP contribution in [-0.2, 0) is 11.2 Å². The van der Waals surface area contributed by atoms with E-state index in [1.54, 1.807) is 23.1 Å². The lowest BCUT2D eigenvalue weighted by Gasteiger charge is -2.29. The average molecular weight is 282 g/mol. The second-order valence-electron chi connectivity index (χ2n) is 5.32. The summed E-state index contributed by atoms with van der Waals surface area (Å²) in [5, 5.41) is 0. The predicted molar refractivity (Wildman–Crippen MR) is 73.4 cm³/mol. The average Bonchev–Trinajstić information content (AvgIpc) is 2.42. The molecule has 5 heteroatoms. The summed E-state index contributed by atoms with van der Waals surface area (Å²) in [6.07, 6.45) is 0.498. The van der Waals surface area contributed by atoms with Gasteiger partial charge in [0.25, 0.3) is 0 Å². The molecule has 0 bridgehead atoms. The molecule has 1 aromatic carbocycles. The highest BCUT2D eigenvalue weighted by atomic mass is 19.1. The zero-order valence-corrected chi connectivity index (χ0v) is 11.4. The SMILES string of the molecule is N[C@@H](CC(=O)N1CCC(F)CC1)Cc1ccccc1F. The maximum absolute atomic E-state index is 13.5. The molecule has 1 aromatic rings. The summed E-state index contributed by atoms with van der Waals surface area (Å²) in [6, 6.07) is 6.02. The molecule has 1 aliphatic heterocycles. The molecule has 2 rings (SSSR count). The first-order valence-electron chi connectivity index (χ1n) is 6.97. The van der Waals surface area contributed by atoms with E-state index in [1.165, 1.54) is 6.07 Å². The number of alkyl halides is 1. The lowest BCUT2D eigenvalue weighted by atomic mass is 10.0. The predicted octanol–water partition coefficient (Wildman–Crippen LogP) is 2.05. The van der Waals surface area contributed by atoms with Gasteiger partial charge in [-0.05, 0) is 30.9 Å². The molecule has 0 unspecified atom stereocenters. The van der Waals surface area contributed by atoms with Crippen molar-refractivity contribution in [3.05, 3.63) is 35.6 Å². The fourth-order valence-electron chi connectivity index (χ4n) is 2.47. The van der Waals surface area contributed by atoms with Crippen molar-refractivity contribution in [1.29, 1.82) is 0 Å². The van der Waals surface area contributed by atoms with Crippen LogP contribution in [-0.4, -0.2) is 36.1 Å². The van der Waals surface area contributed by atoms with Crippen molar-refractivity contribution in [3.63, 3.8) is 0 Å². The number of hydrogen-bond acceptors (Lipinski definition) is 2. The third kappa shape index (κ3) is 4.00. The van der Waals surface area contributed by atoms with E-state index in [9.17, 15) is 13.6 Å². The lowest BCUT2D eigenvalue weighted by molar-refractivity contribution is -0.133. The normalized spacial score (nSPS) is 18.1. The highest BCUT2D eigenvalue weighted by Gasteiger charge is 2.23. The number of likely N-dealkylation sites (tertiary alicyclic amines) is 1. The van der Waals surface area contributed by atoms with Crippen LogP contribution in [0.15, 0.2) is 24.3 Å². The molecule has 0 saturated carbocycles. The largest absolute Gasteiger partial charge is 0.342 e. The quantitative estimate of drug-likeness (QED) is 0.918. The topological polar surface area (TPSA) is 46.3 Å². The van der Waals surface area contributed by atoms with Crippen molar-refractivity contribution in [3.8, 4) is 0 Å². The van der Waals surface area contributed by atoms with Gasteiger partial charge in [-0.25, -0.2) is 8.78 Å². The van der Waals surface area contributed by atoms with Crippen LogP contribution in [0.4, 0.5) is 8.78 Å². The molecule has 1 amide bonds. The number of carbonyl (C=O) groups is 1. The van der Waals surface area contributed by atoms with E-state index in [4.69, 9.17) is 5.73 Å². The van der Waals surface area contributed by atoms with Crippen LogP contribution in [0.25, 0.3) is 0 Å². The maximum atomic E-state index is 13.5. The number of benzene rings is 1. The molecule has 20 heavy (non-hydrogen) atoms. The summed E-state index contributed by atoms with van der Waals surface area (Å²) < 4.78 is 26.5. The van der Waals surface area contributed by atoms with Crippen LogP contribution in [0.2, 0.25) is 0 Å². The van der Waals surface area contributed by atoms with E-state index in [0.717, 1.165) is 0 Å². The van der Waals surface area contributed by atoms with E-state index in [1.807, 2.05) is 0 Å². The summed E-state index contributed by atoms with van der Waals surface area (Å²) in [7, 11) is 0. The van der Waals surface area contributed by atoms with Crippen molar-refractivity contribution in [2.24, 2.45) is 5.73 Å². The number of rotatable bonds is 4. The summed E-state index contributed by atoms with van der Waals surface area (Å²) in [5.41, 5.74) is 6.44. The van der Waals surface area contributed by atoms with Gasteiger partial charge in [0.15, 0.2) is 0 Å². The van der Waals surface area contributed by atoms with Crippen molar-refractivity contribution >= 4 is 5.91 Å². The molecular weight excluding hydrogens is 262 g/mol. The van der Waals surface area contributed by atoms with E-state index in [2.05, 4.69) is 0 Å². The maximum Gasteiger partial charge on any atom is 0.224 e. The first-order chi connectivity index (χ1) is 9.56. The number of nitrogens with two attached hydrogens (primary N) is 1. The van der Waals surface area contributed by atoms with Crippen LogP contribution < -0.4 is 5.73 Å². The van der Waals surface area contributed by atoms with Crippen molar-refractivity contribution in [2.45, 2.75) is 37.9 Å². The zero-order chi connectivity index (χ0) is 14.5. The second kappa shape index (κ2) is 6.79. The Morgan fingerprint density at radius 3 is 2.65 bits per heavy atom. The van der Waals surface area contributed by atoms with Crippen molar-refractivity contribution in [1.82, 2.24) is 4.90 Å². The Kier molecular flexibility index (Phi) is 5.06. The van der Waals surface area contributed by atoms with Gasteiger partial charge >= 0.3 is 0 Å². The Morgan fingerprint density at radius 1 is 1.35 bits per heavy atom. The molecule has 0 aliphatic carbocycles. The van der Waals surface area contributed by atoms with Gasteiger partial charge in [-0.2, -0.15) is 0 Å². The third-order valence-electron chi connectivity index (χ3n) is 3.65. The Balaban J connectivity index is 1.83. The highest BCUT2D eigenvalue weighted by molar-refractivity contribution is 5.77. The van der Waals surface area contributed by atoms with E-state index in [-0.39, 0.29) is 18.1 Å². The van der Waals surface area contributed by atoms with Crippen LogP contribution in [0.3, 0.4) is 0 Å². The van der Waals surface area contributed by atoms with E-state index in [0.29, 0.717) is 37.9 Å². The highest BCUT2D eigenvalue weighted by Crippen LogP contribution is 2.15. The van der Waals surface area contributed by atoms with Crippen LogP contribution in [0.1, 0.15) is 24.8 Å². The first-order valence-corrected chi connectivity index (χ1v) is 6.97. The minimum Gasteiger partial charge on any atom is -0.342 e. The standard InChI is InChI=1S/C15H20F2N2O/c16-12-5-7-19(8-6-12)15(20)10-13(18)9-11-3-1-2-4-14(11)17/h1-4,12-13H,5-10,18H2/t13-/m1/s1. The minimum atomic E-state index is -0.800. The van der Waals surface area contributed by atoms with Gasteiger partial charge in [0.2, 0.25) is 5.91 Å². The molecule has 1 saturated heterocycles. The summed E-state index contributed by atoms with van der Waals surface area (Å²) in [6.45, 7) is 0.902. The van der Waals surface area contributed by atoms with Crippen molar-refractivity contribution in [2.75, 3.05) is 13.1 Å². The molecular formula is C15H20F2N2O. The number of halogens is 2. The second-order valence-corrected chi connectivity index (χ2v) is 5.32. The Bertz CT molecular complexity index is 459. The van der Waals surface area contributed by atoms with Gasteiger partial charge in [0, 0.05) is 25.6 Å². The van der Waals surface area contributed by atoms with Gasteiger partial charge in [-0.15, -0.1) is 0 Å². The van der Waals surface area contributed by atoms with E-state index < -0.39 is 12.2 Å². The number of nitrogens with zero attached hydrogens (tertiary/aromatic N) is 1. The molecule has 1 aliphatic rings. The zero-order valence-electron chi connectivity index (χ0n) is 11.4. The van der Waals surface area contributed by atoms with Gasteiger partial charge < -0.3 is 10.6 Å². The van der Waals surface area contributed by atoms with Crippen LogP contribution in [0, 0.1) is 5.82 Å². The van der Waals surface area contributed by atoms with Gasteiger partial charge in [-0.3, -0.25) is 4.79 Å². The van der Waals surface area contributed by atoms with E-state index >= 15 is 0 Å². The Morgan fingerprint density at radius 2 is 2.00 bits per heavy atom. The van der Waals surface area contributed by atoms with Crippen LogP contribution in [0.5, 0.6) is 0 Å². The fraction of sp³-hybridized carbons (Fsp3) is 0.533. The molecule has 1 heterocycles. The van der Waals surface area contributed by atoms with Gasteiger partial charge in [-0.1, -0.05) is 18.2 Å². The van der Waals surface area contributed by atoms with Crippen LogP contribution >= 0.6 is 0 Å². The summed E-state index contributed by atoms with van der Waals surface area (Å²) >= 11 is 0. The van der Waals surface area contributed by atoms with Crippen molar-refractivity contribution < 1.29 is 13.6 Å². The molecule has 110 valence electrons. The number of piperidine rings is 1. The van der Waals surface area contributed by atoms with Gasteiger partial charge in [0.05, 0.1) is 0 Å². The molecule has 0 spiro atoms. The number of carbonyl (C=O) groups excluding carboxylic acids is 1. The Hall–Kier alpha value is -1.49. The summed E-state index contributed by atoms with van der Waals surface area (Å²) in [4.78, 5) is 13.7. The fourth-order valence-corrected chi connectivity index (χ4v) is 2.47. The lowest BCUT2D eigenvalue weighted by Crippen LogP contribution is -2.41.